The Hall–Kier alpha value is -1.32. The second kappa shape index (κ2) is 5.84. The zero-order valence-corrected chi connectivity index (χ0v) is 10.5. The molecule has 0 radical (unpaired) electrons. The average molecular weight is 245 g/mol. The van der Waals surface area contributed by atoms with Crippen molar-refractivity contribution in [1.82, 2.24) is 4.98 Å². The van der Waals surface area contributed by atoms with Crippen LogP contribution in [-0.2, 0) is 6.42 Å². The standard InChI is InChI=1S/C14H15NOS/c1-17-13-6-4-11(5-7-13)9-14(16)12-3-2-8-15-10-12/h2-8,10,14,16H,9H2,1H3. The predicted molar refractivity (Wildman–Crippen MR) is 71.1 cm³/mol. The van der Waals surface area contributed by atoms with Gasteiger partial charge in [-0.15, -0.1) is 11.8 Å². The van der Waals surface area contributed by atoms with Gasteiger partial charge in [-0.1, -0.05) is 18.2 Å². The molecular formula is C14H15NOS. The molecule has 0 saturated heterocycles. The maximum absolute atomic E-state index is 10.1. The Labute approximate surface area is 106 Å². The fraction of sp³-hybridized carbons (Fsp3) is 0.214. The summed E-state index contributed by atoms with van der Waals surface area (Å²) >= 11 is 1.72. The SMILES string of the molecule is CSc1ccc(CC(O)c2cccnc2)cc1. The van der Waals surface area contributed by atoms with E-state index in [9.17, 15) is 5.11 Å². The number of aliphatic hydroxyl groups is 1. The minimum atomic E-state index is -0.483. The van der Waals surface area contributed by atoms with Gasteiger partial charge in [0.15, 0.2) is 0 Å². The summed E-state index contributed by atoms with van der Waals surface area (Å²) in [5, 5.41) is 10.1. The molecule has 0 fully saturated rings. The lowest BCUT2D eigenvalue weighted by Crippen LogP contribution is -2.01. The molecule has 1 N–H and O–H groups in total. The van der Waals surface area contributed by atoms with Crippen LogP contribution in [0.2, 0.25) is 0 Å². The van der Waals surface area contributed by atoms with Gasteiger partial charge in [-0.05, 0) is 35.6 Å². The van der Waals surface area contributed by atoms with Crippen molar-refractivity contribution >= 4 is 11.8 Å². The highest BCUT2D eigenvalue weighted by molar-refractivity contribution is 7.98. The molecule has 2 aromatic rings. The van der Waals surface area contributed by atoms with Gasteiger partial charge in [0, 0.05) is 23.7 Å². The first-order valence-electron chi connectivity index (χ1n) is 5.50. The Morgan fingerprint density at radius 3 is 2.59 bits per heavy atom. The van der Waals surface area contributed by atoms with Crippen molar-refractivity contribution < 1.29 is 5.11 Å². The first-order chi connectivity index (χ1) is 8.29. The van der Waals surface area contributed by atoms with E-state index in [2.05, 4.69) is 35.5 Å². The van der Waals surface area contributed by atoms with Crippen LogP contribution in [0.15, 0.2) is 53.7 Å². The summed E-state index contributed by atoms with van der Waals surface area (Å²) in [6.45, 7) is 0. The summed E-state index contributed by atoms with van der Waals surface area (Å²) in [6.07, 6.45) is 5.62. The van der Waals surface area contributed by atoms with E-state index < -0.39 is 6.10 Å². The van der Waals surface area contributed by atoms with Crippen molar-refractivity contribution in [2.45, 2.75) is 17.4 Å². The first-order valence-corrected chi connectivity index (χ1v) is 6.73. The van der Waals surface area contributed by atoms with E-state index >= 15 is 0 Å². The quantitative estimate of drug-likeness (QED) is 0.840. The van der Waals surface area contributed by atoms with Crippen LogP contribution in [0.25, 0.3) is 0 Å². The normalized spacial score (nSPS) is 12.4. The van der Waals surface area contributed by atoms with Crippen LogP contribution in [-0.4, -0.2) is 16.3 Å². The third-order valence-electron chi connectivity index (χ3n) is 2.66. The minimum Gasteiger partial charge on any atom is -0.388 e. The van der Waals surface area contributed by atoms with Gasteiger partial charge in [0.1, 0.15) is 0 Å². The minimum absolute atomic E-state index is 0.483. The van der Waals surface area contributed by atoms with Crippen LogP contribution < -0.4 is 0 Å². The second-order valence-electron chi connectivity index (χ2n) is 3.85. The molecule has 0 aliphatic carbocycles. The van der Waals surface area contributed by atoms with E-state index in [0.717, 1.165) is 11.1 Å². The average Bonchev–Trinajstić information content (AvgIpc) is 2.40. The molecule has 88 valence electrons. The van der Waals surface area contributed by atoms with Gasteiger partial charge in [0.2, 0.25) is 0 Å². The van der Waals surface area contributed by atoms with Crippen molar-refractivity contribution in [1.29, 1.82) is 0 Å². The fourth-order valence-electron chi connectivity index (χ4n) is 1.68. The van der Waals surface area contributed by atoms with Gasteiger partial charge in [-0.3, -0.25) is 4.98 Å². The van der Waals surface area contributed by atoms with E-state index in [-0.39, 0.29) is 0 Å². The number of thioether (sulfide) groups is 1. The maximum atomic E-state index is 10.1. The van der Waals surface area contributed by atoms with E-state index in [0.29, 0.717) is 6.42 Å². The first kappa shape index (κ1) is 12.1. The summed E-state index contributed by atoms with van der Waals surface area (Å²) in [6, 6.07) is 12.0. The smallest absolute Gasteiger partial charge is 0.0845 e. The molecule has 3 heteroatoms. The Bertz CT molecular complexity index is 455. The number of hydrogen-bond donors (Lipinski definition) is 1. The molecule has 1 aromatic carbocycles. The molecule has 0 saturated carbocycles. The molecule has 0 bridgehead atoms. The van der Waals surface area contributed by atoms with Gasteiger partial charge in [0.05, 0.1) is 6.10 Å². The van der Waals surface area contributed by atoms with E-state index in [1.807, 2.05) is 12.1 Å². The number of hydrogen-bond acceptors (Lipinski definition) is 3. The van der Waals surface area contributed by atoms with Crippen molar-refractivity contribution in [2.75, 3.05) is 6.26 Å². The van der Waals surface area contributed by atoms with Crippen LogP contribution in [0, 0.1) is 0 Å². The summed E-state index contributed by atoms with van der Waals surface area (Å²) < 4.78 is 0. The van der Waals surface area contributed by atoms with Crippen molar-refractivity contribution in [2.24, 2.45) is 0 Å². The molecule has 0 aliphatic rings. The number of nitrogens with zero attached hydrogens (tertiary/aromatic N) is 1. The lowest BCUT2D eigenvalue weighted by Gasteiger charge is -2.10. The van der Waals surface area contributed by atoms with Gasteiger partial charge >= 0.3 is 0 Å². The van der Waals surface area contributed by atoms with Crippen LogP contribution >= 0.6 is 11.8 Å². The Balaban J connectivity index is 2.05. The molecule has 1 unspecified atom stereocenters. The third-order valence-corrected chi connectivity index (χ3v) is 3.40. The molecule has 0 aliphatic heterocycles. The largest absolute Gasteiger partial charge is 0.388 e. The Kier molecular flexibility index (Phi) is 4.18. The Morgan fingerprint density at radius 2 is 2.00 bits per heavy atom. The van der Waals surface area contributed by atoms with Crippen LogP contribution in [0.3, 0.4) is 0 Å². The highest BCUT2D eigenvalue weighted by atomic mass is 32.2. The van der Waals surface area contributed by atoms with E-state index in [1.165, 1.54) is 4.90 Å². The summed E-state index contributed by atoms with van der Waals surface area (Å²) in [5.74, 6) is 0. The molecule has 0 spiro atoms. The third kappa shape index (κ3) is 3.32. The number of rotatable bonds is 4. The molecule has 1 heterocycles. The molecule has 1 atom stereocenters. The van der Waals surface area contributed by atoms with Gasteiger partial charge in [-0.25, -0.2) is 0 Å². The molecular weight excluding hydrogens is 230 g/mol. The summed E-state index contributed by atoms with van der Waals surface area (Å²) in [7, 11) is 0. The van der Waals surface area contributed by atoms with Gasteiger partial charge in [0.25, 0.3) is 0 Å². The molecule has 2 rings (SSSR count). The molecule has 1 aromatic heterocycles. The second-order valence-corrected chi connectivity index (χ2v) is 4.73. The number of aliphatic hydroxyl groups excluding tert-OH is 1. The number of benzene rings is 1. The van der Waals surface area contributed by atoms with E-state index in [1.54, 1.807) is 24.2 Å². The summed E-state index contributed by atoms with van der Waals surface area (Å²) in [5.41, 5.74) is 2.00. The van der Waals surface area contributed by atoms with Crippen LogP contribution in [0.1, 0.15) is 17.2 Å². The van der Waals surface area contributed by atoms with Gasteiger partial charge < -0.3 is 5.11 Å². The van der Waals surface area contributed by atoms with Crippen molar-refractivity contribution in [3.63, 3.8) is 0 Å². The number of pyridine rings is 1. The zero-order valence-electron chi connectivity index (χ0n) is 9.71. The van der Waals surface area contributed by atoms with Crippen molar-refractivity contribution in [3.05, 3.63) is 59.9 Å². The molecule has 0 amide bonds. The lowest BCUT2D eigenvalue weighted by atomic mass is 10.0. The fourth-order valence-corrected chi connectivity index (χ4v) is 2.08. The topological polar surface area (TPSA) is 33.1 Å². The maximum Gasteiger partial charge on any atom is 0.0845 e. The van der Waals surface area contributed by atoms with Crippen LogP contribution in [0.4, 0.5) is 0 Å². The Morgan fingerprint density at radius 1 is 1.24 bits per heavy atom. The summed E-state index contributed by atoms with van der Waals surface area (Å²) in [4.78, 5) is 5.25. The number of aromatic nitrogens is 1. The van der Waals surface area contributed by atoms with E-state index in [4.69, 9.17) is 0 Å². The zero-order chi connectivity index (χ0) is 12.1. The highest BCUT2D eigenvalue weighted by Crippen LogP contribution is 2.20. The lowest BCUT2D eigenvalue weighted by molar-refractivity contribution is 0.178. The highest BCUT2D eigenvalue weighted by Gasteiger charge is 2.08. The molecule has 2 nitrogen and oxygen atoms in total. The van der Waals surface area contributed by atoms with Crippen LogP contribution in [0.5, 0.6) is 0 Å². The predicted octanol–water partition coefficient (Wildman–Crippen LogP) is 3.08. The molecule has 17 heavy (non-hydrogen) atoms. The van der Waals surface area contributed by atoms with Crippen molar-refractivity contribution in [3.8, 4) is 0 Å². The van der Waals surface area contributed by atoms with Gasteiger partial charge in [-0.2, -0.15) is 0 Å². The monoisotopic (exact) mass is 245 g/mol.